The van der Waals surface area contributed by atoms with Crippen LogP contribution in [0.3, 0.4) is 0 Å². The van der Waals surface area contributed by atoms with Crippen LogP contribution >= 0.6 is 0 Å². The van der Waals surface area contributed by atoms with Gasteiger partial charge in [-0.15, -0.1) is 0 Å². The summed E-state index contributed by atoms with van der Waals surface area (Å²) >= 11 is 0. The molecule has 4 heteroatoms. The van der Waals surface area contributed by atoms with Gasteiger partial charge in [-0.2, -0.15) is 0 Å². The van der Waals surface area contributed by atoms with Crippen LogP contribution in [0.2, 0.25) is 0 Å². The second-order valence-electron chi connectivity index (χ2n) is 8.51. The average molecular weight is 345 g/mol. The van der Waals surface area contributed by atoms with E-state index in [1.54, 1.807) is 6.33 Å². The van der Waals surface area contributed by atoms with Crippen LogP contribution in [0.5, 0.6) is 0 Å². The van der Waals surface area contributed by atoms with Crippen LogP contribution in [-0.2, 0) is 0 Å². The molecule has 2 aliphatic heterocycles. The quantitative estimate of drug-likeness (QED) is 0.807. The minimum absolute atomic E-state index is 0.865. The van der Waals surface area contributed by atoms with E-state index < -0.39 is 0 Å². The van der Waals surface area contributed by atoms with E-state index in [4.69, 9.17) is 0 Å². The van der Waals surface area contributed by atoms with Crippen LogP contribution < -0.4 is 10.2 Å². The first-order chi connectivity index (χ1) is 12.2. The Balaban J connectivity index is 1.35. The molecule has 0 radical (unpaired) electrons. The van der Waals surface area contributed by atoms with Crippen LogP contribution in [0.4, 0.5) is 5.69 Å². The predicted molar refractivity (Wildman–Crippen MR) is 105 cm³/mol. The molecule has 25 heavy (non-hydrogen) atoms. The molecule has 0 aromatic carbocycles. The fourth-order valence-electron chi connectivity index (χ4n) is 4.77. The molecular formula is C21H36N4. The lowest BCUT2D eigenvalue weighted by Gasteiger charge is -2.36. The predicted octanol–water partition coefficient (Wildman–Crippen LogP) is 4.14. The molecule has 0 bridgehead atoms. The van der Waals surface area contributed by atoms with Gasteiger partial charge >= 0.3 is 0 Å². The SMILES string of the molecule is C[C@@H](CC[C@@H](C)C1CCN(c2cncnc2)CC1)CC1CCNCC1. The summed E-state index contributed by atoms with van der Waals surface area (Å²) < 4.78 is 0. The number of nitrogens with zero attached hydrogens (tertiary/aromatic N) is 3. The Morgan fingerprint density at radius 2 is 1.72 bits per heavy atom. The van der Waals surface area contributed by atoms with Crippen molar-refractivity contribution in [1.29, 1.82) is 0 Å². The standard InChI is InChI=1S/C21H36N4/c1-17(13-19-5-9-22-10-6-19)3-4-18(2)20-7-11-25(12-8-20)21-14-23-16-24-15-21/h14-20,22H,3-13H2,1-2H3/t17-,18+/m0/s1. The van der Waals surface area contributed by atoms with Gasteiger partial charge in [-0.25, -0.2) is 9.97 Å². The number of anilines is 1. The van der Waals surface area contributed by atoms with Gasteiger partial charge in [-0.1, -0.05) is 26.7 Å². The van der Waals surface area contributed by atoms with Crippen LogP contribution in [0.25, 0.3) is 0 Å². The van der Waals surface area contributed by atoms with E-state index in [0.717, 1.165) is 36.8 Å². The molecule has 0 unspecified atom stereocenters. The van der Waals surface area contributed by atoms with Crippen molar-refractivity contribution in [2.24, 2.45) is 23.7 Å². The second-order valence-corrected chi connectivity index (χ2v) is 8.51. The molecule has 1 aromatic heterocycles. The van der Waals surface area contributed by atoms with Gasteiger partial charge in [0.2, 0.25) is 0 Å². The molecule has 4 nitrogen and oxygen atoms in total. The van der Waals surface area contributed by atoms with Crippen molar-refractivity contribution in [1.82, 2.24) is 15.3 Å². The molecule has 2 atom stereocenters. The average Bonchev–Trinajstić information content (AvgIpc) is 2.68. The lowest BCUT2D eigenvalue weighted by atomic mass is 9.80. The highest BCUT2D eigenvalue weighted by Crippen LogP contribution is 2.32. The van der Waals surface area contributed by atoms with Crippen molar-refractivity contribution in [2.75, 3.05) is 31.1 Å². The fraction of sp³-hybridized carbons (Fsp3) is 0.810. The molecule has 1 N–H and O–H groups in total. The highest BCUT2D eigenvalue weighted by Gasteiger charge is 2.25. The zero-order valence-corrected chi connectivity index (χ0v) is 16.2. The van der Waals surface area contributed by atoms with E-state index in [2.05, 4.69) is 34.0 Å². The number of hydrogen-bond acceptors (Lipinski definition) is 4. The number of hydrogen-bond donors (Lipinski definition) is 1. The normalized spacial score (nSPS) is 22.7. The maximum absolute atomic E-state index is 4.15. The van der Waals surface area contributed by atoms with Gasteiger partial charge in [0.05, 0.1) is 18.1 Å². The number of piperidine rings is 2. The Morgan fingerprint density at radius 3 is 2.40 bits per heavy atom. The number of nitrogens with one attached hydrogen (secondary N) is 1. The number of rotatable bonds is 7. The fourth-order valence-corrected chi connectivity index (χ4v) is 4.77. The molecule has 2 saturated heterocycles. The Labute approximate surface area is 153 Å². The zero-order chi connectivity index (χ0) is 17.5. The zero-order valence-electron chi connectivity index (χ0n) is 16.2. The van der Waals surface area contributed by atoms with Crippen molar-refractivity contribution in [3.8, 4) is 0 Å². The molecule has 2 fully saturated rings. The third-order valence-electron chi connectivity index (χ3n) is 6.57. The maximum Gasteiger partial charge on any atom is 0.115 e. The monoisotopic (exact) mass is 344 g/mol. The van der Waals surface area contributed by atoms with Crippen molar-refractivity contribution < 1.29 is 0 Å². The van der Waals surface area contributed by atoms with E-state index in [9.17, 15) is 0 Å². The molecule has 3 rings (SSSR count). The first-order valence-corrected chi connectivity index (χ1v) is 10.4. The number of aromatic nitrogens is 2. The first-order valence-electron chi connectivity index (χ1n) is 10.4. The van der Waals surface area contributed by atoms with Gasteiger partial charge in [-0.05, 0) is 68.9 Å². The topological polar surface area (TPSA) is 41.1 Å². The summed E-state index contributed by atoms with van der Waals surface area (Å²) in [4.78, 5) is 10.8. The molecule has 0 saturated carbocycles. The van der Waals surface area contributed by atoms with Crippen molar-refractivity contribution in [2.45, 2.75) is 58.8 Å². The summed E-state index contributed by atoms with van der Waals surface area (Å²) in [6.07, 6.45) is 15.2. The molecule has 0 aliphatic carbocycles. The molecular weight excluding hydrogens is 308 g/mol. The minimum Gasteiger partial charge on any atom is -0.369 e. The largest absolute Gasteiger partial charge is 0.369 e. The van der Waals surface area contributed by atoms with Crippen LogP contribution in [-0.4, -0.2) is 36.1 Å². The molecule has 2 aliphatic rings. The van der Waals surface area contributed by atoms with E-state index in [0.29, 0.717) is 0 Å². The van der Waals surface area contributed by atoms with Gasteiger partial charge < -0.3 is 10.2 Å². The van der Waals surface area contributed by atoms with Crippen molar-refractivity contribution in [3.63, 3.8) is 0 Å². The Bertz CT molecular complexity index is 478. The van der Waals surface area contributed by atoms with E-state index in [-0.39, 0.29) is 0 Å². The highest BCUT2D eigenvalue weighted by molar-refractivity contribution is 5.41. The lowest BCUT2D eigenvalue weighted by Crippen LogP contribution is -2.35. The smallest absolute Gasteiger partial charge is 0.115 e. The lowest BCUT2D eigenvalue weighted by molar-refractivity contribution is 0.245. The second kappa shape index (κ2) is 9.51. The molecule has 3 heterocycles. The molecule has 0 spiro atoms. The van der Waals surface area contributed by atoms with E-state index in [1.807, 2.05) is 12.4 Å². The van der Waals surface area contributed by atoms with E-state index >= 15 is 0 Å². The first kappa shape index (κ1) is 18.6. The summed E-state index contributed by atoms with van der Waals surface area (Å²) in [7, 11) is 0. The highest BCUT2D eigenvalue weighted by atomic mass is 15.1. The summed E-state index contributed by atoms with van der Waals surface area (Å²) in [5, 5.41) is 3.48. The third kappa shape index (κ3) is 5.67. The van der Waals surface area contributed by atoms with Gasteiger partial charge in [0.1, 0.15) is 6.33 Å². The van der Waals surface area contributed by atoms with Crippen LogP contribution in [0.1, 0.15) is 58.8 Å². The van der Waals surface area contributed by atoms with Crippen LogP contribution in [0, 0.1) is 23.7 Å². The Kier molecular flexibility index (Phi) is 7.09. The van der Waals surface area contributed by atoms with Gasteiger partial charge in [-0.3, -0.25) is 0 Å². The summed E-state index contributed by atoms with van der Waals surface area (Å²) in [5.41, 5.74) is 1.18. The minimum atomic E-state index is 0.865. The molecule has 1 aromatic rings. The van der Waals surface area contributed by atoms with Gasteiger partial charge in [0, 0.05) is 13.1 Å². The summed E-state index contributed by atoms with van der Waals surface area (Å²) in [5.74, 6) is 3.63. The van der Waals surface area contributed by atoms with Crippen LogP contribution in [0.15, 0.2) is 18.7 Å². The maximum atomic E-state index is 4.15. The van der Waals surface area contributed by atoms with E-state index in [1.165, 1.54) is 63.7 Å². The van der Waals surface area contributed by atoms with Crippen molar-refractivity contribution in [3.05, 3.63) is 18.7 Å². The van der Waals surface area contributed by atoms with Crippen molar-refractivity contribution >= 4 is 5.69 Å². The van der Waals surface area contributed by atoms with Gasteiger partial charge in [0.15, 0.2) is 0 Å². The summed E-state index contributed by atoms with van der Waals surface area (Å²) in [6, 6.07) is 0. The molecule has 140 valence electrons. The molecule has 0 amide bonds. The Hall–Kier alpha value is -1.16. The van der Waals surface area contributed by atoms with Gasteiger partial charge in [0.25, 0.3) is 0 Å². The summed E-state index contributed by atoms with van der Waals surface area (Å²) in [6.45, 7) is 9.76. The third-order valence-corrected chi connectivity index (χ3v) is 6.57. The Morgan fingerprint density at radius 1 is 1.04 bits per heavy atom.